The highest BCUT2D eigenvalue weighted by molar-refractivity contribution is 7.92. The number of hydrogen-bond donors (Lipinski definition) is 2. The number of nitrogens with zero attached hydrogens (tertiary/aromatic N) is 1. The predicted molar refractivity (Wildman–Crippen MR) is 131 cm³/mol. The van der Waals surface area contributed by atoms with Crippen LogP contribution in [0.2, 0.25) is 0 Å². The summed E-state index contributed by atoms with van der Waals surface area (Å²) < 4.78 is 54.7. The Morgan fingerprint density at radius 3 is 2.12 bits per heavy atom. The highest BCUT2D eigenvalue weighted by Crippen LogP contribution is 2.24. The van der Waals surface area contributed by atoms with Gasteiger partial charge in [-0.05, 0) is 73.9 Å². The van der Waals surface area contributed by atoms with E-state index in [0.29, 0.717) is 30.0 Å². The van der Waals surface area contributed by atoms with Crippen LogP contribution in [0.5, 0.6) is 0 Å². The van der Waals surface area contributed by atoms with Crippen LogP contribution >= 0.6 is 0 Å². The van der Waals surface area contributed by atoms with Crippen molar-refractivity contribution in [1.82, 2.24) is 4.31 Å². The number of anilines is 2. The molecular formula is C24H25N3O5S2. The van der Waals surface area contributed by atoms with Gasteiger partial charge in [-0.2, -0.15) is 4.31 Å². The van der Waals surface area contributed by atoms with Crippen molar-refractivity contribution in [3.8, 4) is 0 Å². The summed E-state index contributed by atoms with van der Waals surface area (Å²) in [6, 6.07) is 18.7. The topological polar surface area (TPSA) is 113 Å². The van der Waals surface area contributed by atoms with Gasteiger partial charge >= 0.3 is 0 Å². The molecule has 1 fully saturated rings. The summed E-state index contributed by atoms with van der Waals surface area (Å²) in [6.07, 6.45) is 1.71. The summed E-state index contributed by atoms with van der Waals surface area (Å²) in [5, 5.41) is 2.72. The van der Waals surface area contributed by atoms with Gasteiger partial charge in [0.2, 0.25) is 10.0 Å². The van der Waals surface area contributed by atoms with E-state index in [4.69, 9.17) is 0 Å². The minimum Gasteiger partial charge on any atom is -0.322 e. The zero-order chi connectivity index (χ0) is 24.3. The third kappa shape index (κ3) is 5.14. The van der Waals surface area contributed by atoms with Gasteiger partial charge in [0.15, 0.2) is 0 Å². The number of carbonyl (C=O) groups excluding carboxylic acids is 1. The summed E-state index contributed by atoms with van der Waals surface area (Å²) >= 11 is 0. The average molecular weight is 500 g/mol. The van der Waals surface area contributed by atoms with Gasteiger partial charge in [-0.1, -0.05) is 24.3 Å². The number of nitrogens with one attached hydrogen (secondary N) is 2. The Hall–Kier alpha value is -3.21. The lowest BCUT2D eigenvalue weighted by molar-refractivity contribution is 0.102. The van der Waals surface area contributed by atoms with Crippen LogP contribution in [0.3, 0.4) is 0 Å². The number of hydrogen-bond acceptors (Lipinski definition) is 5. The van der Waals surface area contributed by atoms with Crippen LogP contribution in [0.4, 0.5) is 11.4 Å². The zero-order valence-corrected chi connectivity index (χ0v) is 20.2. The minimum absolute atomic E-state index is 0.119. The summed E-state index contributed by atoms with van der Waals surface area (Å²) in [5.74, 6) is -0.449. The van der Waals surface area contributed by atoms with Gasteiger partial charge in [-0.25, -0.2) is 16.8 Å². The minimum atomic E-state index is -3.81. The lowest BCUT2D eigenvalue weighted by Crippen LogP contribution is -2.27. The number of benzene rings is 3. The molecule has 0 aromatic heterocycles. The molecule has 0 spiro atoms. The lowest BCUT2D eigenvalue weighted by Gasteiger charge is -2.16. The smallest absolute Gasteiger partial charge is 0.261 e. The Bertz CT molecular complexity index is 1400. The summed E-state index contributed by atoms with van der Waals surface area (Å²) in [4.78, 5) is 13.1. The second-order valence-corrected chi connectivity index (χ2v) is 11.7. The highest BCUT2D eigenvalue weighted by Gasteiger charge is 2.27. The number of sulfonamides is 2. The van der Waals surface area contributed by atoms with Crippen molar-refractivity contribution in [1.29, 1.82) is 0 Å². The molecule has 1 aliphatic heterocycles. The molecule has 0 aliphatic carbocycles. The van der Waals surface area contributed by atoms with E-state index >= 15 is 0 Å². The maximum atomic E-state index is 12.8. The third-order valence-electron chi connectivity index (χ3n) is 5.61. The lowest BCUT2D eigenvalue weighted by atomic mass is 10.1. The molecule has 1 amide bonds. The zero-order valence-electron chi connectivity index (χ0n) is 18.6. The van der Waals surface area contributed by atoms with E-state index in [2.05, 4.69) is 10.0 Å². The first-order chi connectivity index (χ1) is 16.2. The number of rotatable bonds is 7. The van der Waals surface area contributed by atoms with Crippen molar-refractivity contribution in [2.45, 2.75) is 29.6 Å². The molecular weight excluding hydrogens is 474 g/mol. The predicted octanol–water partition coefficient (Wildman–Crippen LogP) is 3.83. The molecule has 1 heterocycles. The molecule has 0 unspecified atom stereocenters. The van der Waals surface area contributed by atoms with Crippen LogP contribution in [0, 0.1) is 6.92 Å². The molecule has 8 nitrogen and oxygen atoms in total. The summed E-state index contributed by atoms with van der Waals surface area (Å²) in [6.45, 7) is 2.78. The fourth-order valence-electron chi connectivity index (χ4n) is 3.67. The molecule has 3 aromatic rings. The van der Waals surface area contributed by atoms with Gasteiger partial charge in [0.25, 0.3) is 15.9 Å². The number of carbonyl (C=O) groups is 1. The van der Waals surface area contributed by atoms with Crippen LogP contribution < -0.4 is 10.0 Å². The molecule has 0 bridgehead atoms. The molecule has 178 valence electrons. The molecule has 0 atom stereocenters. The largest absolute Gasteiger partial charge is 0.322 e. The second kappa shape index (κ2) is 9.57. The van der Waals surface area contributed by atoms with Gasteiger partial charge < -0.3 is 5.32 Å². The van der Waals surface area contributed by atoms with Crippen molar-refractivity contribution in [3.63, 3.8) is 0 Å². The van der Waals surface area contributed by atoms with Crippen molar-refractivity contribution in [2.24, 2.45) is 0 Å². The monoisotopic (exact) mass is 499 g/mol. The van der Waals surface area contributed by atoms with Crippen LogP contribution in [0.1, 0.15) is 28.8 Å². The van der Waals surface area contributed by atoms with Gasteiger partial charge in [0.05, 0.1) is 15.5 Å². The van der Waals surface area contributed by atoms with Crippen LogP contribution in [0.15, 0.2) is 82.6 Å². The van der Waals surface area contributed by atoms with Crippen LogP contribution in [0.25, 0.3) is 0 Å². The van der Waals surface area contributed by atoms with Crippen LogP contribution in [-0.4, -0.2) is 40.1 Å². The first-order valence-electron chi connectivity index (χ1n) is 10.8. The maximum Gasteiger partial charge on any atom is 0.261 e. The molecule has 1 aliphatic rings. The van der Waals surface area contributed by atoms with Crippen molar-refractivity contribution in [3.05, 3.63) is 83.9 Å². The highest BCUT2D eigenvalue weighted by atomic mass is 32.2. The standard InChI is InChI=1S/C24H25N3O5S2/c1-18-9-10-19(17-23(18)26-33(29,30)21-7-3-2-4-8-21)24(28)25-20-11-13-22(14-12-20)34(31,32)27-15-5-6-16-27/h2-4,7-14,17,26H,5-6,15-16H2,1H3,(H,25,28). The quantitative estimate of drug-likeness (QED) is 0.513. The Morgan fingerprint density at radius 2 is 1.47 bits per heavy atom. The fraction of sp³-hybridized carbons (Fsp3) is 0.208. The van der Waals surface area contributed by atoms with Crippen LogP contribution in [-0.2, 0) is 20.0 Å². The van der Waals surface area contributed by atoms with E-state index in [9.17, 15) is 21.6 Å². The molecule has 34 heavy (non-hydrogen) atoms. The van der Waals surface area contributed by atoms with Crippen molar-refractivity contribution >= 4 is 37.3 Å². The molecule has 1 saturated heterocycles. The third-order valence-corrected chi connectivity index (χ3v) is 8.91. The second-order valence-electron chi connectivity index (χ2n) is 8.04. The van der Waals surface area contributed by atoms with Crippen molar-refractivity contribution in [2.75, 3.05) is 23.1 Å². The molecule has 3 aromatic carbocycles. The van der Waals surface area contributed by atoms with E-state index in [-0.39, 0.29) is 15.4 Å². The van der Waals surface area contributed by atoms with E-state index in [0.717, 1.165) is 12.8 Å². The normalized spacial score (nSPS) is 14.6. The Morgan fingerprint density at radius 1 is 0.824 bits per heavy atom. The van der Waals surface area contributed by atoms with Gasteiger partial charge in [-0.3, -0.25) is 9.52 Å². The molecule has 0 saturated carbocycles. The van der Waals surface area contributed by atoms with E-state index < -0.39 is 26.0 Å². The number of aryl methyl sites for hydroxylation is 1. The Kier molecular flexibility index (Phi) is 6.74. The SMILES string of the molecule is Cc1ccc(C(=O)Nc2ccc(S(=O)(=O)N3CCCC3)cc2)cc1NS(=O)(=O)c1ccccc1. The van der Waals surface area contributed by atoms with Crippen molar-refractivity contribution < 1.29 is 21.6 Å². The summed E-state index contributed by atoms with van der Waals surface area (Å²) in [7, 11) is -7.34. The molecule has 0 radical (unpaired) electrons. The molecule has 10 heteroatoms. The fourth-order valence-corrected chi connectivity index (χ4v) is 6.33. The Labute approximate surface area is 199 Å². The molecule has 2 N–H and O–H groups in total. The first kappa shape index (κ1) is 23.9. The average Bonchev–Trinajstić information content (AvgIpc) is 3.37. The van der Waals surface area contributed by atoms with Gasteiger partial charge in [0, 0.05) is 24.3 Å². The van der Waals surface area contributed by atoms with Gasteiger partial charge in [0.1, 0.15) is 0 Å². The Balaban J connectivity index is 1.49. The van der Waals surface area contributed by atoms with E-state index in [1.54, 1.807) is 37.3 Å². The summed E-state index contributed by atoms with van der Waals surface area (Å²) in [5.41, 5.74) is 1.64. The van der Waals surface area contributed by atoms with E-state index in [1.807, 2.05) is 0 Å². The first-order valence-corrected chi connectivity index (χ1v) is 13.7. The van der Waals surface area contributed by atoms with Gasteiger partial charge in [-0.15, -0.1) is 0 Å². The molecule has 4 rings (SSSR count). The number of amides is 1. The van der Waals surface area contributed by atoms with E-state index in [1.165, 1.54) is 46.8 Å². The maximum absolute atomic E-state index is 12.8.